The van der Waals surface area contributed by atoms with E-state index in [1.54, 1.807) is 16.8 Å². The maximum Gasteiger partial charge on any atom is 0.341 e. The van der Waals surface area contributed by atoms with Crippen LogP contribution < -0.4 is 20.5 Å². The van der Waals surface area contributed by atoms with E-state index in [1.165, 1.54) is 0 Å². The monoisotopic (exact) mass is 485 g/mol. The molecule has 10 heteroatoms. The van der Waals surface area contributed by atoms with Gasteiger partial charge in [0, 0.05) is 30.2 Å². The third kappa shape index (κ3) is 5.09. The number of piperidine rings is 1. The van der Waals surface area contributed by atoms with Crippen molar-refractivity contribution in [1.82, 2.24) is 14.5 Å². The molecule has 1 fully saturated rings. The Balaban J connectivity index is 1.67. The number of pyridine rings is 1. The second-order valence-corrected chi connectivity index (χ2v) is 9.30. The molecular formula is C24H28ClN5O4. The number of carboxylic acid groups (broad SMARTS) is 1. The van der Waals surface area contributed by atoms with Crippen LogP contribution in [0, 0.1) is 5.92 Å². The van der Waals surface area contributed by atoms with Crippen molar-refractivity contribution < 1.29 is 14.6 Å². The van der Waals surface area contributed by atoms with Crippen molar-refractivity contribution in [3.63, 3.8) is 0 Å². The predicted octanol–water partition coefficient (Wildman–Crippen LogP) is 4.47. The molecule has 9 nitrogen and oxygen atoms in total. The highest BCUT2D eigenvalue weighted by molar-refractivity contribution is 6.32. The molecule has 1 aliphatic rings. The van der Waals surface area contributed by atoms with Crippen molar-refractivity contribution in [3.8, 4) is 5.75 Å². The van der Waals surface area contributed by atoms with Gasteiger partial charge >= 0.3 is 5.97 Å². The number of aromatic nitrogens is 3. The van der Waals surface area contributed by atoms with Gasteiger partial charge < -0.3 is 24.6 Å². The van der Waals surface area contributed by atoms with Crippen LogP contribution in [-0.4, -0.2) is 45.3 Å². The van der Waals surface area contributed by atoms with Gasteiger partial charge in [0.1, 0.15) is 5.02 Å². The fourth-order valence-corrected chi connectivity index (χ4v) is 4.24. The summed E-state index contributed by atoms with van der Waals surface area (Å²) in [6, 6.07) is 6.95. The molecule has 3 heterocycles. The fourth-order valence-electron chi connectivity index (χ4n) is 4.10. The maximum atomic E-state index is 12.9. The lowest BCUT2D eigenvalue weighted by atomic mass is 10.00. The smallest absolute Gasteiger partial charge is 0.341 e. The fraction of sp³-hybridized carbons (Fsp3) is 0.417. The Morgan fingerprint density at radius 2 is 2.03 bits per heavy atom. The number of rotatable bonds is 7. The van der Waals surface area contributed by atoms with E-state index in [0.717, 1.165) is 25.9 Å². The molecule has 1 aromatic carbocycles. The predicted molar refractivity (Wildman–Crippen MR) is 133 cm³/mol. The Labute approximate surface area is 202 Å². The lowest BCUT2D eigenvalue weighted by Crippen LogP contribution is -2.34. The molecule has 180 valence electrons. The van der Waals surface area contributed by atoms with Crippen LogP contribution in [0.3, 0.4) is 0 Å². The summed E-state index contributed by atoms with van der Waals surface area (Å²) in [5.74, 6) is 0.666. The van der Waals surface area contributed by atoms with Crippen LogP contribution in [0.2, 0.25) is 5.02 Å². The molecular weight excluding hydrogens is 458 g/mol. The zero-order chi connectivity index (χ0) is 24.4. The van der Waals surface area contributed by atoms with E-state index in [1.807, 2.05) is 32.0 Å². The summed E-state index contributed by atoms with van der Waals surface area (Å²) >= 11 is 6.38. The van der Waals surface area contributed by atoms with E-state index in [4.69, 9.17) is 21.4 Å². The van der Waals surface area contributed by atoms with Gasteiger partial charge in [-0.25, -0.2) is 9.78 Å². The summed E-state index contributed by atoms with van der Waals surface area (Å²) in [4.78, 5) is 35.0. The molecule has 0 amide bonds. The highest BCUT2D eigenvalue weighted by atomic mass is 35.5. The summed E-state index contributed by atoms with van der Waals surface area (Å²) < 4.78 is 6.85. The van der Waals surface area contributed by atoms with Crippen LogP contribution in [0.15, 0.2) is 35.3 Å². The lowest BCUT2D eigenvalue weighted by Gasteiger charge is -2.30. The maximum absolute atomic E-state index is 12.9. The summed E-state index contributed by atoms with van der Waals surface area (Å²) in [5, 5.41) is 13.3. The Morgan fingerprint density at radius 3 is 2.71 bits per heavy atom. The normalized spacial score (nSPS) is 14.6. The van der Waals surface area contributed by atoms with E-state index in [9.17, 15) is 9.59 Å². The van der Waals surface area contributed by atoms with Gasteiger partial charge in [-0.05, 0) is 56.9 Å². The third-order valence-corrected chi connectivity index (χ3v) is 6.21. The molecule has 0 saturated carbocycles. The molecule has 0 atom stereocenters. The highest BCUT2D eigenvalue weighted by Gasteiger charge is 2.19. The number of aliphatic carboxylic acids is 1. The van der Waals surface area contributed by atoms with Crippen LogP contribution in [-0.2, 0) is 4.79 Å². The molecule has 0 unspecified atom stereocenters. The molecule has 1 aliphatic heterocycles. The summed E-state index contributed by atoms with van der Waals surface area (Å²) in [6.45, 7) is 7.25. The molecule has 4 rings (SSSR count). The van der Waals surface area contributed by atoms with Gasteiger partial charge in [-0.3, -0.25) is 4.79 Å². The van der Waals surface area contributed by atoms with Crippen LogP contribution in [0.5, 0.6) is 5.75 Å². The number of ether oxygens (including phenoxy) is 1. The number of carboxylic acids is 1. The number of halogens is 1. The summed E-state index contributed by atoms with van der Waals surface area (Å²) in [5.41, 5.74) is 1.05. The van der Waals surface area contributed by atoms with E-state index in [2.05, 4.69) is 27.1 Å². The minimum absolute atomic E-state index is 0.0116. The van der Waals surface area contributed by atoms with Gasteiger partial charge in [0.15, 0.2) is 18.2 Å². The van der Waals surface area contributed by atoms with E-state index >= 15 is 0 Å². The summed E-state index contributed by atoms with van der Waals surface area (Å²) in [6.07, 6.45) is 3.80. The number of hydrogen-bond acceptors (Lipinski definition) is 7. The first-order chi connectivity index (χ1) is 16.2. The van der Waals surface area contributed by atoms with Crippen molar-refractivity contribution in [2.45, 2.75) is 39.7 Å². The van der Waals surface area contributed by atoms with Gasteiger partial charge in [0.25, 0.3) is 5.56 Å². The van der Waals surface area contributed by atoms with E-state index in [0.29, 0.717) is 39.3 Å². The number of nitrogens with zero attached hydrogens (tertiary/aromatic N) is 4. The van der Waals surface area contributed by atoms with Crippen molar-refractivity contribution in [1.29, 1.82) is 0 Å². The molecule has 0 bridgehead atoms. The standard InChI is InChI=1S/C24H28ClN5O4/c1-14(2)30-19-5-4-17(10-16(19)11-20(23(30)33)34-13-21(31)32)27-22-18(25)12-26-24(28-22)29-8-6-15(3)7-9-29/h4-5,10-12,14-15H,6-9,13H2,1-3H3,(H,31,32)(H,26,27,28). The number of benzene rings is 1. The Bertz CT molecular complexity index is 1270. The van der Waals surface area contributed by atoms with Gasteiger partial charge in [-0.15, -0.1) is 0 Å². The molecule has 0 spiro atoms. The number of nitrogens with one attached hydrogen (secondary N) is 1. The Morgan fingerprint density at radius 1 is 1.29 bits per heavy atom. The quantitative estimate of drug-likeness (QED) is 0.504. The van der Waals surface area contributed by atoms with Gasteiger partial charge in [0.2, 0.25) is 5.95 Å². The van der Waals surface area contributed by atoms with Crippen LogP contribution in [0.4, 0.5) is 17.5 Å². The number of anilines is 3. The molecule has 2 aromatic heterocycles. The molecule has 2 N–H and O–H groups in total. The van der Waals surface area contributed by atoms with E-state index in [-0.39, 0.29) is 17.4 Å². The van der Waals surface area contributed by atoms with E-state index < -0.39 is 12.6 Å². The number of fused-ring (bicyclic) bond motifs is 1. The largest absolute Gasteiger partial charge is 0.479 e. The zero-order valence-corrected chi connectivity index (χ0v) is 20.2. The van der Waals surface area contributed by atoms with Crippen LogP contribution in [0.1, 0.15) is 39.7 Å². The number of carbonyl (C=O) groups is 1. The molecule has 1 saturated heterocycles. The topological polar surface area (TPSA) is 110 Å². The van der Waals surface area contributed by atoms with Gasteiger partial charge in [-0.1, -0.05) is 18.5 Å². The molecule has 3 aromatic rings. The lowest BCUT2D eigenvalue weighted by molar-refractivity contribution is -0.139. The van der Waals surface area contributed by atoms with Crippen molar-refractivity contribution in [3.05, 3.63) is 45.8 Å². The zero-order valence-electron chi connectivity index (χ0n) is 19.4. The third-order valence-electron chi connectivity index (χ3n) is 5.93. The average molecular weight is 486 g/mol. The van der Waals surface area contributed by atoms with Crippen molar-refractivity contribution in [2.24, 2.45) is 5.92 Å². The van der Waals surface area contributed by atoms with Crippen LogP contribution >= 0.6 is 11.6 Å². The van der Waals surface area contributed by atoms with Crippen molar-refractivity contribution in [2.75, 3.05) is 29.9 Å². The highest BCUT2D eigenvalue weighted by Crippen LogP contribution is 2.29. The average Bonchev–Trinajstić information content (AvgIpc) is 2.79. The summed E-state index contributed by atoms with van der Waals surface area (Å²) in [7, 11) is 0. The number of hydrogen-bond donors (Lipinski definition) is 2. The Hall–Kier alpha value is -3.33. The Kier molecular flexibility index (Phi) is 6.92. The molecule has 34 heavy (non-hydrogen) atoms. The first-order valence-corrected chi connectivity index (χ1v) is 11.7. The first-order valence-electron chi connectivity index (χ1n) is 11.3. The second kappa shape index (κ2) is 9.89. The molecule has 0 aliphatic carbocycles. The van der Waals surface area contributed by atoms with Gasteiger partial charge in [0.05, 0.1) is 11.7 Å². The minimum Gasteiger partial charge on any atom is -0.479 e. The first kappa shape index (κ1) is 23.8. The van der Waals surface area contributed by atoms with Crippen LogP contribution in [0.25, 0.3) is 10.9 Å². The van der Waals surface area contributed by atoms with Gasteiger partial charge in [-0.2, -0.15) is 4.98 Å². The van der Waals surface area contributed by atoms with Crippen molar-refractivity contribution >= 4 is 45.9 Å². The second-order valence-electron chi connectivity index (χ2n) is 8.89. The minimum atomic E-state index is -1.15. The molecule has 0 radical (unpaired) electrons. The SMILES string of the molecule is CC1CCN(c2ncc(Cl)c(Nc3ccc4c(c3)cc(OCC(=O)O)c(=O)n4C(C)C)n2)CC1.